The summed E-state index contributed by atoms with van der Waals surface area (Å²) < 4.78 is 2.43. The lowest BCUT2D eigenvalue weighted by atomic mass is 10.1. The number of thiol groups is 1. The molecule has 5 N–H and O–H groups in total. The van der Waals surface area contributed by atoms with Crippen LogP contribution in [-0.4, -0.2) is 88.8 Å². The number of aromatic amines is 2. The number of hydrogen-bond donors (Lipinski definition) is 6. The molecule has 2 unspecified atom stereocenters. The molecule has 0 aromatic carbocycles. The van der Waals surface area contributed by atoms with Crippen molar-refractivity contribution in [3.63, 3.8) is 0 Å². The molecule has 2 heterocycles. The number of nitrogens with one attached hydrogen (secondary N) is 3. The fourth-order valence-electron chi connectivity index (χ4n) is 3.84. The van der Waals surface area contributed by atoms with Gasteiger partial charge >= 0.3 is 17.3 Å². The summed E-state index contributed by atoms with van der Waals surface area (Å²) in [6.45, 7) is 2.97. The number of carbonyl (C=O) groups excluding carboxylic acids is 3. The van der Waals surface area contributed by atoms with Gasteiger partial charge in [0.25, 0.3) is 11.1 Å². The van der Waals surface area contributed by atoms with Crippen LogP contribution < -0.4 is 27.8 Å². The Kier molecular flexibility index (Phi) is 12.7. The first-order valence-electron chi connectivity index (χ1n) is 13.0. The summed E-state index contributed by atoms with van der Waals surface area (Å²) in [5.41, 5.74) is -1.87. The Morgan fingerprint density at radius 1 is 0.905 bits per heavy atom. The van der Waals surface area contributed by atoms with Gasteiger partial charge in [0.2, 0.25) is 11.8 Å². The van der Waals surface area contributed by atoms with E-state index in [1.54, 1.807) is 0 Å². The van der Waals surface area contributed by atoms with Crippen molar-refractivity contribution in [3.05, 3.63) is 65.2 Å². The minimum atomic E-state index is -1.73. The van der Waals surface area contributed by atoms with Crippen molar-refractivity contribution in [1.82, 2.24) is 29.3 Å². The van der Waals surface area contributed by atoms with Crippen LogP contribution in [-0.2, 0) is 32.3 Å². The number of carbonyl (C=O) groups is 4. The molecule has 0 radical (unpaired) electrons. The first-order valence-corrected chi connectivity index (χ1v) is 13.6. The number of aryl methyl sites for hydroxylation is 2. The first kappa shape index (κ1) is 34.0. The third-order valence-corrected chi connectivity index (χ3v) is 6.74. The second kappa shape index (κ2) is 15.7. The van der Waals surface area contributed by atoms with Crippen molar-refractivity contribution in [2.75, 3.05) is 18.8 Å². The van der Waals surface area contributed by atoms with Crippen LogP contribution in [0.5, 0.6) is 0 Å². The van der Waals surface area contributed by atoms with Crippen LogP contribution in [0.25, 0.3) is 0 Å². The molecule has 42 heavy (non-hydrogen) atoms. The number of aliphatic hydroxyl groups excluding tert-OH is 1. The molecular weight excluding hydrogens is 576 g/mol. The smallest absolute Gasteiger partial charge is 0.332 e. The molecule has 17 heteroatoms. The van der Waals surface area contributed by atoms with E-state index in [9.17, 15) is 43.5 Å². The maximum atomic E-state index is 13.2. The molecule has 0 saturated carbocycles. The molecule has 2 aromatic rings. The number of aliphatic hydroxyl groups is 1. The number of amides is 2. The van der Waals surface area contributed by atoms with Gasteiger partial charge < -0.3 is 20.4 Å². The third kappa shape index (κ3) is 9.99. The molecule has 0 spiro atoms. The summed E-state index contributed by atoms with van der Waals surface area (Å²) in [6.07, 6.45) is -0.291. The highest BCUT2D eigenvalue weighted by Gasteiger charge is 2.23. The van der Waals surface area contributed by atoms with Crippen LogP contribution in [0.4, 0.5) is 0 Å². The number of hydrogen-bond acceptors (Lipinski definition) is 10. The van der Waals surface area contributed by atoms with E-state index in [-0.39, 0.29) is 68.7 Å². The van der Waals surface area contributed by atoms with Gasteiger partial charge in [-0.25, -0.2) is 14.4 Å². The van der Waals surface area contributed by atoms with Gasteiger partial charge in [0.05, 0.1) is 6.04 Å². The average Bonchev–Trinajstić information content (AvgIpc) is 2.93. The van der Waals surface area contributed by atoms with Crippen molar-refractivity contribution < 1.29 is 29.4 Å². The Labute approximate surface area is 243 Å². The van der Waals surface area contributed by atoms with Crippen LogP contribution in [0, 0.1) is 13.8 Å². The van der Waals surface area contributed by atoms with E-state index >= 15 is 0 Å². The van der Waals surface area contributed by atoms with Gasteiger partial charge in [-0.05, 0) is 20.3 Å². The van der Waals surface area contributed by atoms with Gasteiger partial charge in [-0.1, -0.05) is 0 Å². The average molecular weight is 611 g/mol. The molecule has 2 aromatic heterocycles. The van der Waals surface area contributed by atoms with Gasteiger partial charge in [-0.2, -0.15) is 12.6 Å². The van der Waals surface area contributed by atoms with Crippen LogP contribution >= 0.6 is 12.6 Å². The molecule has 0 saturated heterocycles. The maximum absolute atomic E-state index is 13.2. The Morgan fingerprint density at radius 2 is 1.40 bits per heavy atom. The van der Waals surface area contributed by atoms with Crippen LogP contribution in [0.15, 0.2) is 31.6 Å². The van der Waals surface area contributed by atoms with E-state index in [1.807, 2.05) is 0 Å². The summed E-state index contributed by atoms with van der Waals surface area (Å²) in [5, 5.41) is 20.4. The Hall–Kier alpha value is -4.25. The van der Waals surface area contributed by atoms with E-state index in [0.29, 0.717) is 0 Å². The van der Waals surface area contributed by atoms with E-state index in [1.165, 1.54) is 40.3 Å². The largest absolute Gasteiger partial charge is 0.479 e. The number of H-pyrrole nitrogens is 2. The number of Topliss-reactive ketones (excluding diaryl/α,β-unsaturated/α-hetero) is 1. The van der Waals surface area contributed by atoms with Crippen LogP contribution in [0.3, 0.4) is 0 Å². The molecule has 2 amide bonds. The van der Waals surface area contributed by atoms with Gasteiger partial charge in [0.15, 0.2) is 11.9 Å². The zero-order valence-electron chi connectivity index (χ0n) is 23.1. The minimum absolute atomic E-state index is 0.00674. The summed E-state index contributed by atoms with van der Waals surface area (Å²) in [4.78, 5) is 102. The summed E-state index contributed by atoms with van der Waals surface area (Å²) in [6, 6.07) is -1.06. The molecule has 0 aliphatic heterocycles. The summed E-state index contributed by atoms with van der Waals surface area (Å²) in [7, 11) is 0. The van der Waals surface area contributed by atoms with E-state index < -0.39 is 58.2 Å². The molecule has 0 aliphatic rings. The number of rotatable bonds is 16. The SMILES string of the molecule is Cc1cn(CCN(CCn2cc(C)c(=O)[nH]c2=O)C(=O)CCC(=O)C(CS)NC(=O)CCC(O)C(=O)O)c(=O)[nH]c1=O. The van der Waals surface area contributed by atoms with Crippen molar-refractivity contribution in [1.29, 1.82) is 0 Å². The number of nitrogens with zero attached hydrogens (tertiary/aromatic N) is 3. The molecule has 0 aliphatic carbocycles. The standard InChI is InChI=1S/C25H34N6O10S/c1-14-11-30(24(40)27-21(14)36)9-7-29(8-10-31-12-15(2)22(37)28-25(31)41)20(35)6-4-17(32)16(13-42)26-19(34)5-3-18(33)23(38)39/h11-12,16,18,33,42H,3-10,13H2,1-2H3,(H,26,34)(H,38,39)(H,27,36,40)(H,28,37,41). The lowest BCUT2D eigenvalue weighted by Crippen LogP contribution is -2.44. The van der Waals surface area contributed by atoms with Crippen molar-refractivity contribution in [3.8, 4) is 0 Å². The molecule has 230 valence electrons. The Bertz CT molecular complexity index is 1460. The number of carboxylic acid groups (broad SMARTS) is 1. The lowest BCUT2D eigenvalue weighted by Gasteiger charge is -2.24. The zero-order chi connectivity index (χ0) is 31.6. The maximum Gasteiger partial charge on any atom is 0.332 e. The lowest BCUT2D eigenvalue weighted by molar-refractivity contribution is -0.147. The number of aliphatic carboxylic acids is 1. The van der Waals surface area contributed by atoms with Gasteiger partial charge in [-0.3, -0.25) is 43.1 Å². The predicted molar refractivity (Wildman–Crippen MR) is 152 cm³/mol. The molecule has 2 rings (SSSR count). The van der Waals surface area contributed by atoms with Crippen LogP contribution in [0.2, 0.25) is 0 Å². The fourth-order valence-corrected chi connectivity index (χ4v) is 4.13. The Morgan fingerprint density at radius 3 is 1.86 bits per heavy atom. The van der Waals surface area contributed by atoms with Gasteiger partial charge in [-0.15, -0.1) is 0 Å². The fraction of sp³-hybridized carbons (Fsp3) is 0.520. The first-order chi connectivity index (χ1) is 19.7. The highest BCUT2D eigenvalue weighted by Crippen LogP contribution is 2.06. The van der Waals surface area contributed by atoms with E-state index in [4.69, 9.17) is 5.11 Å². The number of aromatic nitrogens is 4. The normalized spacial score (nSPS) is 12.4. The highest BCUT2D eigenvalue weighted by molar-refractivity contribution is 7.80. The quantitative estimate of drug-likeness (QED) is 0.110. The van der Waals surface area contributed by atoms with Gasteiger partial charge in [0.1, 0.15) is 0 Å². The molecule has 0 bridgehead atoms. The monoisotopic (exact) mass is 610 g/mol. The topological polar surface area (TPSA) is 234 Å². The van der Waals surface area contributed by atoms with Crippen LogP contribution in [0.1, 0.15) is 36.8 Å². The highest BCUT2D eigenvalue weighted by atomic mass is 32.1. The van der Waals surface area contributed by atoms with Crippen molar-refractivity contribution in [2.24, 2.45) is 0 Å². The number of ketones is 1. The number of carboxylic acids is 1. The second-order valence-electron chi connectivity index (χ2n) is 9.57. The second-order valence-corrected chi connectivity index (χ2v) is 9.94. The Balaban J connectivity index is 2.11. The van der Waals surface area contributed by atoms with E-state index in [0.717, 1.165) is 0 Å². The van der Waals surface area contributed by atoms with Crippen molar-refractivity contribution in [2.45, 2.75) is 64.8 Å². The predicted octanol–water partition coefficient (Wildman–Crippen LogP) is -2.48. The minimum Gasteiger partial charge on any atom is -0.479 e. The molecule has 16 nitrogen and oxygen atoms in total. The molecule has 0 fully saturated rings. The summed E-state index contributed by atoms with van der Waals surface area (Å²) in [5.74, 6) is -3.24. The van der Waals surface area contributed by atoms with E-state index in [2.05, 4.69) is 27.9 Å². The third-order valence-electron chi connectivity index (χ3n) is 6.37. The molecular formula is C25H34N6O10S. The van der Waals surface area contributed by atoms with Crippen molar-refractivity contribution >= 4 is 36.2 Å². The molecule has 2 atom stereocenters. The zero-order valence-corrected chi connectivity index (χ0v) is 24.0. The summed E-state index contributed by atoms with van der Waals surface area (Å²) >= 11 is 4.06. The van der Waals surface area contributed by atoms with Gasteiger partial charge in [0, 0.05) is 74.7 Å².